The third-order valence-corrected chi connectivity index (χ3v) is 4.76. The molecule has 0 saturated heterocycles. The van der Waals surface area contributed by atoms with Crippen molar-refractivity contribution in [1.82, 2.24) is 20.2 Å². The summed E-state index contributed by atoms with van der Waals surface area (Å²) in [6, 6.07) is 14.9. The molecular weight excluding hydrogens is 383 g/mol. The van der Waals surface area contributed by atoms with Crippen LogP contribution in [0, 0.1) is 0 Å². The summed E-state index contributed by atoms with van der Waals surface area (Å²) in [6.45, 7) is 0.385. The molecule has 2 aromatic carbocycles. The van der Waals surface area contributed by atoms with Crippen LogP contribution >= 0.6 is 23.2 Å². The van der Waals surface area contributed by atoms with Gasteiger partial charge in [-0.05, 0) is 18.2 Å². The minimum absolute atomic E-state index is 0.385. The molecule has 27 heavy (non-hydrogen) atoms. The Kier molecular flexibility index (Phi) is 4.75. The average molecular weight is 397 g/mol. The first-order valence-electron chi connectivity index (χ1n) is 8.14. The van der Waals surface area contributed by atoms with Gasteiger partial charge in [0.15, 0.2) is 5.82 Å². The topological polar surface area (TPSA) is 89.6 Å². The van der Waals surface area contributed by atoms with Gasteiger partial charge in [0.05, 0.1) is 16.6 Å². The maximum absolute atomic E-state index is 6.16. The van der Waals surface area contributed by atoms with Crippen molar-refractivity contribution >= 4 is 45.6 Å². The largest absolute Gasteiger partial charge is 0.384 e. The Balaban J connectivity index is 1.73. The van der Waals surface area contributed by atoms with Gasteiger partial charge in [-0.3, -0.25) is 0 Å². The first-order chi connectivity index (χ1) is 13.1. The number of anilines is 2. The van der Waals surface area contributed by atoms with E-state index in [1.54, 1.807) is 24.4 Å². The Morgan fingerprint density at radius 1 is 0.926 bits per heavy atom. The van der Waals surface area contributed by atoms with E-state index in [-0.39, 0.29) is 0 Å². The highest BCUT2D eigenvalue weighted by Crippen LogP contribution is 2.33. The van der Waals surface area contributed by atoms with E-state index < -0.39 is 0 Å². The molecule has 0 amide bonds. The number of hydrogen-bond donors (Lipinski definition) is 2. The summed E-state index contributed by atoms with van der Waals surface area (Å²) in [5, 5.41) is 14.8. The fraction of sp³-hybridized carbons (Fsp3) is 0.0526. The number of rotatable bonds is 4. The SMILES string of the molecule is Nc1ccnc(CNc2nnc(-c3ccc(Cl)c(Cl)c3)c3ccccc23)n1. The lowest BCUT2D eigenvalue weighted by Crippen LogP contribution is -2.08. The number of fused-ring (bicyclic) bond motifs is 1. The molecule has 2 heterocycles. The van der Waals surface area contributed by atoms with Crippen molar-refractivity contribution in [3.63, 3.8) is 0 Å². The number of benzene rings is 2. The van der Waals surface area contributed by atoms with Crippen LogP contribution in [0.3, 0.4) is 0 Å². The number of nitrogens with zero attached hydrogens (tertiary/aromatic N) is 4. The maximum Gasteiger partial charge on any atom is 0.156 e. The fourth-order valence-electron chi connectivity index (χ4n) is 2.75. The molecule has 0 aliphatic heterocycles. The van der Waals surface area contributed by atoms with Gasteiger partial charge in [-0.2, -0.15) is 0 Å². The van der Waals surface area contributed by atoms with Crippen LogP contribution in [-0.2, 0) is 6.54 Å². The molecule has 0 radical (unpaired) electrons. The van der Waals surface area contributed by atoms with Crippen LogP contribution in [-0.4, -0.2) is 20.2 Å². The Morgan fingerprint density at radius 3 is 2.52 bits per heavy atom. The number of aromatic nitrogens is 4. The second-order valence-corrected chi connectivity index (χ2v) is 6.64. The van der Waals surface area contributed by atoms with Crippen molar-refractivity contribution in [3.05, 3.63) is 70.6 Å². The third kappa shape index (κ3) is 3.63. The molecule has 2 aromatic heterocycles. The van der Waals surface area contributed by atoms with E-state index in [2.05, 4.69) is 25.5 Å². The van der Waals surface area contributed by atoms with E-state index in [9.17, 15) is 0 Å². The standard InChI is InChI=1S/C19H14Cl2N6/c20-14-6-5-11(9-15(14)21)18-12-3-1-2-4-13(12)19(27-26-18)24-10-17-23-8-7-16(22)25-17/h1-9H,10H2,(H,24,27)(H2,22,23,25). The molecule has 0 bridgehead atoms. The molecule has 0 unspecified atom stereocenters. The van der Waals surface area contributed by atoms with E-state index in [1.807, 2.05) is 30.3 Å². The Morgan fingerprint density at radius 2 is 1.74 bits per heavy atom. The first-order valence-corrected chi connectivity index (χ1v) is 8.89. The summed E-state index contributed by atoms with van der Waals surface area (Å²) in [5.41, 5.74) is 7.28. The van der Waals surface area contributed by atoms with Gasteiger partial charge < -0.3 is 11.1 Å². The number of hydrogen-bond acceptors (Lipinski definition) is 6. The number of nitrogens with one attached hydrogen (secondary N) is 1. The van der Waals surface area contributed by atoms with Crippen LogP contribution in [0.2, 0.25) is 10.0 Å². The summed E-state index contributed by atoms with van der Waals surface area (Å²) < 4.78 is 0. The van der Waals surface area contributed by atoms with E-state index in [1.165, 1.54) is 0 Å². The molecule has 0 spiro atoms. The van der Waals surface area contributed by atoms with Crippen molar-refractivity contribution in [3.8, 4) is 11.3 Å². The molecule has 0 aliphatic rings. The van der Waals surface area contributed by atoms with Gasteiger partial charge in [0.1, 0.15) is 17.3 Å². The van der Waals surface area contributed by atoms with Crippen molar-refractivity contribution in [2.75, 3.05) is 11.1 Å². The highest BCUT2D eigenvalue weighted by Gasteiger charge is 2.12. The van der Waals surface area contributed by atoms with Crippen LogP contribution in [0.1, 0.15) is 5.82 Å². The van der Waals surface area contributed by atoms with E-state index in [0.29, 0.717) is 34.1 Å². The molecule has 8 heteroatoms. The van der Waals surface area contributed by atoms with Gasteiger partial charge in [-0.1, -0.05) is 53.5 Å². The van der Waals surface area contributed by atoms with Gasteiger partial charge in [-0.15, -0.1) is 10.2 Å². The first kappa shape index (κ1) is 17.5. The fourth-order valence-corrected chi connectivity index (χ4v) is 3.05. The van der Waals surface area contributed by atoms with Gasteiger partial charge >= 0.3 is 0 Å². The monoisotopic (exact) mass is 396 g/mol. The van der Waals surface area contributed by atoms with Crippen LogP contribution in [0.5, 0.6) is 0 Å². The van der Waals surface area contributed by atoms with Gasteiger partial charge in [-0.25, -0.2) is 9.97 Å². The third-order valence-electron chi connectivity index (χ3n) is 4.02. The van der Waals surface area contributed by atoms with Crippen LogP contribution in [0.15, 0.2) is 54.7 Å². The highest BCUT2D eigenvalue weighted by molar-refractivity contribution is 6.42. The van der Waals surface area contributed by atoms with Gasteiger partial charge in [0.25, 0.3) is 0 Å². The lowest BCUT2D eigenvalue weighted by molar-refractivity contribution is 0.935. The van der Waals surface area contributed by atoms with Crippen molar-refractivity contribution in [2.24, 2.45) is 0 Å². The molecule has 3 N–H and O–H groups in total. The van der Waals surface area contributed by atoms with E-state index in [4.69, 9.17) is 28.9 Å². The normalized spacial score (nSPS) is 10.9. The van der Waals surface area contributed by atoms with Crippen LogP contribution in [0.4, 0.5) is 11.6 Å². The van der Waals surface area contributed by atoms with E-state index in [0.717, 1.165) is 22.0 Å². The molecule has 134 valence electrons. The minimum atomic E-state index is 0.385. The Labute approximate surface area is 165 Å². The molecule has 6 nitrogen and oxygen atoms in total. The highest BCUT2D eigenvalue weighted by atomic mass is 35.5. The molecule has 4 aromatic rings. The number of nitrogen functional groups attached to an aromatic ring is 1. The summed E-state index contributed by atoms with van der Waals surface area (Å²) in [4.78, 5) is 8.37. The summed E-state index contributed by atoms with van der Waals surface area (Å²) >= 11 is 12.2. The smallest absolute Gasteiger partial charge is 0.156 e. The van der Waals surface area contributed by atoms with Crippen LogP contribution in [0.25, 0.3) is 22.0 Å². The quantitative estimate of drug-likeness (QED) is 0.524. The zero-order valence-electron chi connectivity index (χ0n) is 14.0. The van der Waals surface area contributed by atoms with Crippen LogP contribution < -0.4 is 11.1 Å². The summed E-state index contributed by atoms with van der Waals surface area (Å²) in [5.74, 6) is 1.64. The molecule has 0 fully saturated rings. The molecule has 0 atom stereocenters. The van der Waals surface area contributed by atoms with Crippen molar-refractivity contribution in [1.29, 1.82) is 0 Å². The zero-order chi connectivity index (χ0) is 18.8. The lowest BCUT2D eigenvalue weighted by atomic mass is 10.0. The predicted molar refractivity (Wildman–Crippen MR) is 109 cm³/mol. The maximum atomic E-state index is 6.16. The minimum Gasteiger partial charge on any atom is -0.384 e. The summed E-state index contributed by atoms with van der Waals surface area (Å²) in [6.07, 6.45) is 1.62. The van der Waals surface area contributed by atoms with Crippen molar-refractivity contribution < 1.29 is 0 Å². The number of nitrogens with two attached hydrogens (primary N) is 1. The van der Waals surface area contributed by atoms with Crippen molar-refractivity contribution in [2.45, 2.75) is 6.54 Å². The second-order valence-electron chi connectivity index (χ2n) is 5.82. The van der Waals surface area contributed by atoms with Gasteiger partial charge in [0, 0.05) is 22.5 Å². The molecular formula is C19H14Cl2N6. The summed E-state index contributed by atoms with van der Waals surface area (Å²) in [7, 11) is 0. The Bertz CT molecular complexity index is 1130. The number of halogens is 2. The van der Waals surface area contributed by atoms with E-state index >= 15 is 0 Å². The second kappa shape index (κ2) is 7.34. The lowest BCUT2D eigenvalue weighted by Gasteiger charge is -2.11. The molecule has 4 rings (SSSR count). The zero-order valence-corrected chi connectivity index (χ0v) is 15.5. The Hall–Kier alpha value is -2.96. The molecule has 0 saturated carbocycles. The van der Waals surface area contributed by atoms with Gasteiger partial charge in [0.2, 0.25) is 0 Å². The predicted octanol–water partition coefficient (Wildman–Crippen LogP) is 4.59. The average Bonchev–Trinajstić information content (AvgIpc) is 2.68. The molecule has 0 aliphatic carbocycles.